The maximum absolute atomic E-state index is 13.3. The van der Waals surface area contributed by atoms with Gasteiger partial charge in [0.1, 0.15) is 17.0 Å². The van der Waals surface area contributed by atoms with Crippen molar-refractivity contribution in [3.05, 3.63) is 41.8 Å². The maximum atomic E-state index is 13.3. The molecule has 3 heterocycles. The Bertz CT molecular complexity index is 958. The summed E-state index contributed by atoms with van der Waals surface area (Å²) in [4.78, 5) is 23.8. The van der Waals surface area contributed by atoms with E-state index in [9.17, 15) is 9.18 Å². The highest BCUT2D eigenvalue weighted by molar-refractivity contribution is 7.17. The molecule has 4 rings (SSSR count). The number of hydrogen-bond donors (Lipinski definition) is 0. The van der Waals surface area contributed by atoms with Gasteiger partial charge in [0.15, 0.2) is 6.61 Å². The van der Waals surface area contributed by atoms with Crippen molar-refractivity contribution >= 4 is 27.5 Å². The molecule has 1 saturated heterocycles. The third-order valence-electron chi connectivity index (χ3n) is 4.95. The smallest absolute Gasteiger partial charge is 0.260 e. The molecule has 2 aromatic heterocycles. The molecule has 7 heteroatoms. The van der Waals surface area contributed by atoms with Crippen LogP contribution in [0.4, 0.5) is 4.39 Å². The van der Waals surface area contributed by atoms with Gasteiger partial charge in [-0.2, -0.15) is 0 Å². The molecule has 1 aliphatic heterocycles. The lowest BCUT2D eigenvalue weighted by Gasteiger charge is -2.33. The number of rotatable bonds is 4. The molecule has 0 unspecified atom stereocenters. The van der Waals surface area contributed by atoms with Crippen molar-refractivity contribution in [2.45, 2.75) is 32.2 Å². The lowest BCUT2D eigenvalue weighted by molar-refractivity contribution is -0.136. The topological polar surface area (TPSA) is 55.3 Å². The molecular weight excluding hydrogens is 365 g/mol. The molecule has 0 spiro atoms. The van der Waals surface area contributed by atoms with Gasteiger partial charge in [-0.1, -0.05) is 12.1 Å². The summed E-state index contributed by atoms with van der Waals surface area (Å²) in [7, 11) is 0. The Morgan fingerprint density at radius 2 is 2.11 bits per heavy atom. The van der Waals surface area contributed by atoms with E-state index in [-0.39, 0.29) is 24.4 Å². The van der Waals surface area contributed by atoms with Gasteiger partial charge in [0.05, 0.1) is 5.39 Å². The number of fused-ring (bicyclic) bond motifs is 1. The first kappa shape index (κ1) is 17.9. The van der Waals surface area contributed by atoms with Crippen molar-refractivity contribution in [1.29, 1.82) is 0 Å². The first-order chi connectivity index (χ1) is 13.1. The first-order valence-electron chi connectivity index (χ1n) is 9.04. The summed E-state index contributed by atoms with van der Waals surface area (Å²) in [5.74, 6) is 0.0818. The molecule has 0 bridgehead atoms. The highest BCUT2D eigenvalue weighted by atomic mass is 32.1. The van der Waals surface area contributed by atoms with Gasteiger partial charge in [0.2, 0.25) is 5.88 Å². The Kier molecular flexibility index (Phi) is 5.03. The summed E-state index contributed by atoms with van der Waals surface area (Å²) in [6.45, 7) is 2.81. The number of carbonyl (C=O) groups is 1. The fourth-order valence-corrected chi connectivity index (χ4v) is 4.39. The number of carbonyl (C=O) groups excluding carboxylic acids is 1. The summed E-state index contributed by atoms with van der Waals surface area (Å²) in [5, 5.41) is 2.71. The number of hydrogen-bond acceptors (Lipinski definition) is 5. The van der Waals surface area contributed by atoms with Crippen LogP contribution in [0, 0.1) is 5.82 Å². The van der Waals surface area contributed by atoms with Crippen LogP contribution in [0.2, 0.25) is 0 Å². The minimum atomic E-state index is -0.285. The van der Waals surface area contributed by atoms with Crippen LogP contribution >= 0.6 is 11.3 Å². The molecule has 5 nitrogen and oxygen atoms in total. The number of halogens is 1. The van der Waals surface area contributed by atoms with Crippen LogP contribution in [0.5, 0.6) is 5.88 Å². The third-order valence-corrected chi connectivity index (χ3v) is 5.83. The standard InChI is InChI=1S/C20H20FN3O2S/c1-13-4-2-3-9-24(13)17(25)10-26-19-18-16(11-27-20(18)23-12-22-19)14-5-7-15(21)8-6-14/h5-8,11-13H,2-4,9-10H2,1H3/t13-/m1/s1. The number of nitrogens with zero attached hydrogens (tertiary/aromatic N) is 3. The Balaban J connectivity index is 1.59. The lowest BCUT2D eigenvalue weighted by atomic mass is 10.0. The zero-order valence-corrected chi connectivity index (χ0v) is 15.8. The van der Waals surface area contributed by atoms with Crippen molar-refractivity contribution < 1.29 is 13.9 Å². The average Bonchev–Trinajstić information content (AvgIpc) is 3.12. The van der Waals surface area contributed by atoms with E-state index in [1.54, 1.807) is 12.1 Å². The minimum Gasteiger partial charge on any atom is -0.467 e. The Hall–Kier alpha value is -2.54. The van der Waals surface area contributed by atoms with Crippen LogP contribution in [0.25, 0.3) is 21.3 Å². The summed E-state index contributed by atoms with van der Waals surface area (Å²) in [6.07, 6.45) is 4.67. The Morgan fingerprint density at radius 3 is 2.89 bits per heavy atom. The van der Waals surface area contributed by atoms with Gasteiger partial charge < -0.3 is 9.64 Å². The summed E-state index contributed by atoms with van der Waals surface area (Å²) < 4.78 is 19.1. The second-order valence-corrected chi connectivity index (χ2v) is 7.59. The van der Waals surface area contributed by atoms with Crippen molar-refractivity contribution in [3.63, 3.8) is 0 Å². The van der Waals surface area contributed by atoms with E-state index in [1.165, 1.54) is 29.8 Å². The van der Waals surface area contributed by atoms with Crippen molar-refractivity contribution in [2.24, 2.45) is 0 Å². The number of likely N-dealkylation sites (tertiary alicyclic amines) is 1. The molecule has 0 N–H and O–H groups in total. The van der Waals surface area contributed by atoms with Crippen molar-refractivity contribution in [2.75, 3.05) is 13.2 Å². The number of piperidine rings is 1. The molecule has 1 aliphatic rings. The molecule has 1 atom stereocenters. The van der Waals surface area contributed by atoms with Gasteiger partial charge in [-0.25, -0.2) is 14.4 Å². The van der Waals surface area contributed by atoms with Crippen LogP contribution in [-0.4, -0.2) is 40.0 Å². The van der Waals surface area contributed by atoms with Crippen LogP contribution in [0.3, 0.4) is 0 Å². The van der Waals surface area contributed by atoms with E-state index in [0.717, 1.165) is 47.2 Å². The third kappa shape index (κ3) is 3.64. The summed E-state index contributed by atoms with van der Waals surface area (Å²) in [5.41, 5.74) is 1.74. The molecule has 1 aromatic carbocycles. The predicted molar refractivity (Wildman–Crippen MR) is 103 cm³/mol. The molecule has 1 fully saturated rings. The van der Waals surface area contributed by atoms with Gasteiger partial charge in [-0.15, -0.1) is 11.3 Å². The van der Waals surface area contributed by atoms with Crippen molar-refractivity contribution in [3.8, 4) is 17.0 Å². The Labute approximate surface area is 160 Å². The van der Waals surface area contributed by atoms with E-state index in [0.29, 0.717) is 5.88 Å². The van der Waals surface area contributed by atoms with E-state index in [2.05, 4.69) is 16.9 Å². The van der Waals surface area contributed by atoms with E-state index in [1.807, 2.05) is 10.3 Å². The first-order valence-corrected chi connectivity index (χ1v) is 9.92. The second kappa shape index (κ2) is 7.60. The number of thiophene rings is 1. The largest absolute Gasteiger partial charge is 0.467 e. The van der Waals surface area contributed by atoms with Gasteiger partial charge in [0, 0.05) is 23.5 Å². The highest BCUT2D eigenvalue weighted by Gasteiger charge is 2.24. The molecule has 1 amide bonds. The van der Waals surface area contributed by atoms with Crippen molar-refractivity contribution in [1.82, 2.24) is 14.9 Å². The molecule has 0 radical (unpaired) electrons. The normalized spacial score (nSPS) is 17.3. The monoisotopic (exact) mass is 385 g/mol. The fourth-order valence-electron chi connectivity index (χ4n) is 3.48. The fraction of sp³-hybridized carbons (Fsp3) is 0.350. The highest BCUT2D eigenvalue weighted by Crippen LogP contribution is 2.37. The molecule has 0 saturated carbocycles. The minimum absolute atomic E-state index is 0.0208. The molecular formula is C20H20FN3O2S. The second-order valence-electron chi connectivity index (χ2n) is 6.74. The van der Waals surface area contributed by atoms with Gasteiger partial charge >= 0.3 is 0 Å². The van der Waals surface area contributed by atoms with Crippen LogP contribution in [-0.2, 0) is 4.79 Å². The van der Waals surface area contributed by atoms with Gasteiger partial charge in [-0.05, 0) is 43.9 Å². The van der Waals surface area contributed by atoms with Crippen LogP contribution in [0.1, 0.15) is 26.2 Å². The lowest BCUT2D eigenvalue weighted by Crippen LogP contribution is -2.44. The number of amides is 1. The Morgan fingerprint density at radius 1 is 1.30 bits per heavy atom. The number of ether oxygens (including phenoxy) is 1. The maximum Gasteiger partial charge on any atom is 0.260 e. The molecule has 140 valence electrons. The molecule has 0 aliphatic carbocycles. The number of aromatic nitrogens is 2. The van der Waals surface area contributed by atoms with E-state index in [4.69, 9.17) is 4.74 Å². The SMILES string of the molecule is C[C@@H]1CCCCN1C(=O)COc1ncnc2scc(-c3ccc(F)cc3)c12. The van der Waals surface area contributed by atoms with Crippen LogP contribution in [0.15, 0.2) is 36.0 Å². The zero-order chi connectivity index (χ0) is 18.8. The summed E-state index contributed by atoms with van der Waals surface area (Å²) >= 11 is 1.47. The predicted octanol–water partition coefficient (Wildman–Crippen LogP) is 4.28. The van der Waals surface area contributed by atoms with Gasteiger partial charge in [-0.3, -0.25) is 4.79 Å². The zero-order valence-electron chi connectivity index (χ0n) is 15.0. The quantitative estimate of drug-likeness (QED) is 0.673. The number of benzene rings is 1. The molecule has 3 aromatic rings. The molecule has 27 heavy (non-hydrogen) atoms. The van der Waals surface area contributed by atoms with E-state index >= 15 is 0 Å². The van der Waals surface area contributed by atoms with E-state index < -0.39 is 0 Å². The van der Waals surface area contributed by atoms with Gasteiger partial charge in [0.25, 0.3) is 5.91 Å². The summed E-state index contributed by atoms with van der Waals surface area (Å²) in [6, 6.07) is 6.52. The van der Waals surface area contributed by atoms with Crippen LogP contribution < -0.4 is 4.74 Å². The average molecular weight is 385 g/mol.